The number of amides is 1. The minimum atomic E-state index is -0.220. The molecule has 0 spiro atoms. The lowest BCUT2D eigenvalue weighted by atomic mass is 10.0. The number of hydrogen-bond donors (Lipinski definition) is 1. The maximum atomic E-state index is 12.8. The molecule has 1 heterocycles. The summed E-state index contributed by atoms with van der Waals surface area (Å²) in [5.74, 6) is -0.220. The first kappa shape index (κ1) is 21.8. The summed E-state index contributed by atoms with van der Waals surface area (Å²) in [5, 5.41) is 12.6. The average Bonchev–Trinajstić information content (AvgIpc) is 2.70. The van der Waals surface area contributed by atoms with Gasteiger partial charge in [-0.05, 0) is 77.5 Å². The van der Waals surface area contributed by atoms with Gasteiger partial charge in [-0.15, -0.1) is 0 Å². The molecule has 0 saturated carbocycles. The molecule has 1 amide bonds. The first-order valence-corrected chi connectivity index (χ1v) is 10.1. The van der Waals surface area contributed by atoms with E-state index >= 15 is 0 Å². The summed E-state index contributed by atoms with van der Waals surface area (Å²) >= 11 is 0. The quantitative estimate of drug-likeness (QED) is 0.579. The summed E-state index contributed by atoms with van der Waals surface area (Å²) < 4.78 is 0. The van der Waals surface area contributed by atoms with Crippen LogP contribution in [0.15, 0.2) is 30.0 Å². The highest BCUT2D eigenvalue weighted by Gasteiger charge is 2.25. The summed E-state index contributed by atoms with van der Waals surface area (Å²) in [7, 11) is 3.89. The Hall–Kier alpha value is -2.52. The van der Waals surface area contributed by atoms with Gasteiger partial charge in [-0.25, -0.2) is 0 Å². The van der Waals surface area contributed by atoms with Crippen molar-refractivity contribution in [2.75, 3.05) is 50.5 Å². The Balaban J connectivity index is 2.08. The fraction of sp³-hybridized carbons (Fsp3) is 0.545. The third-order valence-corrected chi connectivity index (χ3v) is 5.62. The molecule has 1 aromatic rings. The number of rotatable bonds is 7. The zero-order valence-electron chi connectivity index (χ0n) is 17.8. The fourth-order valence-corrected chi connectivity index (χ4v) is 3.63. The molecule has 6 heteroatoms. The lowest BCUT2D eigenvalue weighted by Gasteiger charge is -2.35. The van der Waals surface area contributed by atoms with Crippen LogP contribution in [0.25, 0.3) is 0 Å². The van der Waals surface area contributed by atoms with Crippen LogP contribution in [-0.2, 0) is 4.79 Å². The minimum absolute atomic E-state index is 0.133. The summed E-state index contributed by atoms with van der Waals surface area (Å²) in [4.78, 5) is 19.0. The van der Waals surface area contributed by atoms with E-state index < -0.39 is 0 Å². The Labute approximate surface area is 169 Å². The molecule has 0 bridgehead atoms. The number of nitriles is 1. The van der Waals surface area contributed by atoms with E-state index in [1.54, 1.807) is 11.9 Å². The number of carbonyl (C=O) groups excluding carboxylic acids is 1. The predicted molar refractivity (Wildman–Crippen MR) is 115 cm³/mol. The van der Waals surface area contributed by atoms with Crippen LogP contribution in [0.1, 0.15) is 32.3 Å². The molecule has 1 aliphatic heterocycles. The van der Waals surface area contributed by atoms with E-state index in [2.05, 4.69) is 54.2 Å². The summed E-state index contributed by atoms with van der Waals surface area (Å²) in [5.41, 5.74) is 3.29. The Bertz CT molecular complexity index is 740. The third kappa shape index (κ3) is 5.26. The molecule has 1 N–H and O–H groups in total. The van der Waals surface area contributed by atoms with Crippen LogP contribution >= 0.6 is 0 Å². The van der Waals surface area contributed by atoms with E-state index in [9.17, 15) is 10.1 Å². The monoisotopic (exact) mass is 383 g/mol. The van der Waals surface area contributed by atoms with Crippen molar-refractivity contribution >= 4 is 17.3 Å². The second-order valence-electron chi connectivity index (χ2n) is 7.44. The van der Waals surface area contributed by atoms with E-state index in [1.807, 2.05) is 13.0 Å². The largest absolute Gasteiger partial charge is 0.372 e. The van der Waals surface area contributed by atoms with E-state index in [-0.39, 0.29) is 17.5 Å². The molecular formula is C22H33N5O. The second-order valence-corrected chi connectivity index (χ2v) is 7.44. The van der Waals surface area contributed by atoms with Crippen molar-refractivity contribution in [1.29, 1.82) is 5.26 Å². The molecule has 0 atom stereocenters. The van der Waals surface area contributed by atoms with Gasteiger partial charge in [-0.3, -0.25) is 4.79 Å². The van der Waals surface area contributed by atoms with E-state index in [0.717, 1.165) is 50.3 Å². The Morgan fingerprint density at radius 3 is 2.50 bits per heavy atom. The van der Waals surface area contributed by atoms with Crippen LogP contribution in [0.5, 0.6) is 0 Å². The summed E-state index contributed by atoms with van der Waals surface area (Å²) in [6, 6.07) is 8.44. The van der Waals surface area contributed by atoms with E-state index in [1.165, 1.54) is 11.9 Å². The number of benzene rings is 1. The van der Waals surface area contributed by atoms with Crippen LogP contribution in [0, 0.1) is 18.3 Å². The number of aryl methyl sites for hydroxylation is 1. The molecule has 1 fully saturated rings. The van der Waals surface area contributed by atoms with Crippen molar-refractivity contribution < 1.29 is 4.79 Å². The molecule has 0 unspecified atom stereocenters. The van der Waals surface area contributed by atoms with Gasteiger partial charge in [-0.1, -0.05) is 0 Å². The smallest absolute Gasteiger partial charge is 0.266 e. The summed E-state index contributed by atoms with van der Waals surface area (Å²) in [6.45, 7) is 10.2. The van der Waals surface area contributed by atoms with Crippen molar-refractivity contribution in [1.82, 2.24) is 9.80 Å². The lowest BCUT2D eigenvalue weighted by Crippen LogP contribution is -2.44. The van der Waals surface area contributed by atoms with Gasteiger partial charge < -0.3 is 20.0 Å². The second kappa shape index (κ2) is 10.1. The lowest BCUT2D eigenvalue weighted by molar-refractivity contribution is -0.128. The first-order chi connectivity index (χ1) is 13.4. The minimum Gasteiger partial charge on any atom is -0.372 e. The number of nitrogens with zero attached hydrogens (tertiary/aromatic N) is 4. The number of likely N-dealkylation sites (N-methyl/N-ethyl adjacent to an activating group) is 1. The molecule has 0 aromatic heterocycles. The Morgan fingerprint density at radius 2 is 1.96 bits per heavy atom. The topological polar surface area (TPSA) is 62.6 Å². The zero-order chi connectivity index (χ0) is 20.7. The predicted octanol–water partition coefficient (Wildman–Crippen LogP) is 3.21. The fourth-order valence-electron chi connectivity index (χ4n) is 3.63. The number of anilines is 2. The van der Waals surface area contributed by atoms with Crippen LogP contribution < -0.4 is 10.2 Å². The SMILES string of the molecule is CCN(CC)c1ccc(N/C=C(/C#N)C(=O)N(C)C2CCN(C)CC2)c(C)c1. The molecule has 1 aromatic carbocycles. The molecule has 2 rings (SSSR count). The number of hydrogen-bond acceptors (Lipinski definition) is 5. The van der Waals surface area contributed by atoms with Crippen LogP contribution in [0.2, 0.25) is 0 Å². The first-order valence-electron chi connectivity index (χ1n) is 10.1. The van der Waals surface area contributed by atoms with Crippen molar-refractivity contribution in [2.45, 2.75) is 39.7 Å². The van der Waals surface area contributed by atoms with Gasteiger partial charge in [0.05, 0.1) is 0 Å². The van der Waals surface area contributed by atoms with Gasteiger partial charge in [0.15, 0.2) is 0 Å². The van der Waals surface area contributed by atoms with Gasteiger partial charge in [0.1, 0.15) is 11.6 Å². The maximum Gasteiger partial charge on any atom is 0.266 e. The highest BCUT2D eigenvalue weighted by Crippen LogP contribution is 2.23. The normalized spacial score (nSPS) is 15.8. The highest BCUT2D eigenvalue weighted by atomic mass is 16.2. The number of carbonyl (C=O) groups is 1. The highest BCUT2D eigenvalue weighted by molar-refractivity contribution is 5.97. The van der Waals surface area contributed by atoms with Crippen molar-refractivity contribution in [3.8, 4) is 6.07 Å². The third-order valence-electron chi connectivity index (χ3n) is 5.62. The molecule has 152 valence electrons. The van der Waals surface area contributed by atoms with E-state index in [0.29, 0.717) is 0 Å². The maximum absolute atomic E-state index is 12.8. The number of nitrogens with one attached hydrogen (secondary N) is 1. The standard InChI is InChI=1S/C22H33N5O/c1-6-27(7-2)20-8-9-21(17(3)14-20)24-16-18(15-23)22(28)26(5)19-10-12-25(4)13-11-19/h8-9,14,16,19,24H,6-7,10-13H2,1-5H3/b18-16-. The number of piperidine rings is 1. The van der Waals surface area contributed by atoms with Crippen molar-refractivity contribution in [3.63, 3.8) is 0 Å². The van der Waals surface area contributed by atoms with Crippen molar-refractivity contribution in [2.24, 2.45) is 0 Å². The molecule has 0 radical (unpaired) electrons. The molecule has 0 aliphatic carbocycles. The van der Waals surface area contributed by atoms with Crippen LogP contribution in [0.4, 0.5) is 11.4 Å². The average molecular weight is 384 g/mol. The van der Waals surface area contributed by atoms with E-state index in [4.69, 9.17) is 0 Å². The summed E-state index contributed by atoms with van der Waals surface area (Å²) in [6.07, 6.45) is 3.42. The van der Waals surface area contributed by atoms with Gasteiger partial charge >= 0.3 is 0 Å². The van der Waals surface area contributed by atoms with Crippen LogP contribution in [0.3, 0.4) is 0 Å². The van der Waals surface area contributed by atoms with Crippen LogP contribution in [-0.4, -0.2) is 62.0 Å². The van der Waals surface area contributed by atoms with Gasteiger partial charge in [0, 0.05) is 43.8 Å². The zero-order valence-corrected chi connectivity index (χ0v) is 17.8. The number of likely N-dealkylation sites (tertiary alicyclic amines) is 1. The molecule has 28 heavy (non-hydrogen) atoms. The molecule has 1 aliphatic rings. The molecule has 1 saturated heterocycles. The molecular weight excluding hydrogens is 350 g/mol. The Kier molecular flexibility index (Phi) is 7.89. The van der Waals surface area contributed by atoms with Crippen molar-refractivity contribution in [3.05, 3.63) is 35.5 Å². The van der Waals surface area contributed by atoms with Gasteiger partial charge in [0.2, 0.25) is 0 Å². The Morgan fingerprint density at radius 1 is 1.32 bits per heavy atom. The van der Waals surface area contributed by atoms with Gasteiger partial charge in [0.25, 0.3) is 5.91 Å². The molecule has 6 nitrogen and oxygen atoms in total. The van der Waals surface area contributed by atoms with Gasteiger partial charge in [-0.2, -0.15) is 5.26 Å².